The molecule has 2 aliphatic rings. The van der Waals surface area contributed by atoms with E-state index in [9.17, 15) is 0 Å². The van der Waals surface area contributed by atoms with Crippen molar-refractivity contribution in [3.05, 3.63) is 175 Å². The maximum absolute atomic E-state index is 7.23. The Kier molecular flexibility index (Phi) is 10.6. The molecule has 5 nitrogen and oxygen atoms in total. The van der Waals surface area contributed by atoms with Gasteiger partial charge in [-0.15, -0.1) is 48.0 Å². The van der Waals surface area contributed by atoms with Gasteiger partial charge in [-0.3, -0.25) is 4.98 Å². The van der Waals surface area contributed by atoms with Gasteiger partial charge >= 0.3 is 0 Å². The van der Waals surface area contributed by atoms with E-state index in [1.54, 1.807) is 18.2 Å². The van der Waals surface area contributed by atoms with Crippen LogP contribution >= 0.6 is 0 Å². The molecule has 11 rings (SSSR count). The molecular weight excluding hydrogens is 978 g/mol. The van der Waals surface area contributed by atoms with Gasteiger partial charge in [-0.2, -0.15) is 0 Å². The van der Waals surface area contributed by atoms with Crippen molar-refractivity contribution < 1.29 is 33.7 Å². The number of aromatic nitrogens is 3. The number of ether oxygens (including phenoxy) is 2. The third kappa shape index (κ3) is 7.62. The number of pyridine rings is 1. The predicted octanol–water partition coefficient (Wildman–Crippen LogP) is 12.0. The Bertz CT molecular complexity index is 3290. The van der Waals surface area contributed by atoms with Crippen molar-refractivity contribution in [3.63, 3.8) is 0 Å². The standard InChI is InChI=1S/C44H40BN2O2Si.C12H10N.Ir/c1-26(2)30-15-12-16-31(27(3)4)41(30)47-42-32-14-9-8-13-28(32)19-22-36(42)46-44(47)33-21-24-39-40-43(33)49-38-23-20-29(50(5,6)7)25-35(38)45(40)34-17-10-11-18-37(34)48-39;1-10-7-8-12(13-9-10)11-5-3-2-4-6-11;/h8-20,22-27H,1-7H3;2-5,7-9H,1H3;/q2*-1;/i;1D3;. The van der Waals surface area contributed by atoms with Gasteiger partial charge < -0.3 is 19.0 Å². The van der Waals surface area contributed by atoms with E-state index in [1.807, 2.05) is 30.3 Å². The van der Waals surface area contributed by atoms with Crippen LogP contribution in [0, 0.1) is 19.0 Å². The van der Waals surface area contributed by atoms with Gasteiger partial charge in [-0.1, -0.05) is 155 Å². The minimum Gasteiger partial charge on any atom is -0.503 e. The van der Waals surface area contributed by atoms with Gasteiger partial charge in [0.1, 0.15) is 11.5 Å². The third-order valence-electron chi connectivity index (χ3n) is 12.3. The summed E-state index contributed by atoms with van der Waals surface area (Å²) in [5.41, 5.74) is 11.9. The van der Waals surface area contributed by atoms with E-state index >= 15 is 0 Å². The monoisotopic (exact) mass is 1030 g/mol. The predicted molar refractivity (Wildman–Crippen MR) is 265 cm³/mol. The number of aryl methyl sites for hydroxylation is 1. The number of imidazole rings is 1. The molecule has 1 radical (unpaired) electrons. The summed E-state index contributed by atoms with van der Waals surface area (Å²) in [7, 11) is -1.60. The van der Waals surface area contributed by atoms with Crippen LogP contribution < -0.4 is 31.0 Å². The Morgan fingerprint density at radius 3 is 2.19 bits per heavy atom. The summed E-state index contributed by atoms with van der Waals surface area (Å²) >= 11 is 0. The number of hydrogen-bond donors (Lipinski definition) is 0. The minimum absolute atomic E-state index is 0. The van der Waals surface area contributed by atoms with Crippen LogP contribution in [-0.2, 0) is 20.1 Å². The Labute approximate surface area is 396 Å². The van der Waals surface area contributed by atoms with Gasteiger partial charge in [0, 0.05) is 53.0 Å². The molecule has 0 atom stereocenters. The van der Waals surface area contributed by atoms with E-state index in [4.69, 9.17) is 18.6 Å². The topological polar surface area (TPSA) is 49.2 Å². The number of benzene rings is 7. The maximum atomic E-state index is 7.23. The second-order valence-corrected chi connectivity index (χ2v) is 23.3. The third-order valence-corrected chi connectivity index (χ3v) is 14.3. The number of hydrogen-bond acceptors (Lipinski definition) is 4. The van der Waals surface area contributed by atoms with Crippen molar-refractivity contribution >= 4 is 58.2 Å². The van der Waals surface area contributed by atoms with Crippen LogP contribution in [0.3, 0.4) is 0 Å². The Hall–Kier alpha value is -6.05. The molecular formula is C56H50BIrN3O2Si-2. The molecule has 2 aliphatic heterocycles. The zero-order valence-electron chi connectivity index (χ0n) is 40.1. The first-order chi connectivity index (χ1) is 31.7. The summed E-state index contributed by atoms with van der Waals surface area (Å²) in [5, 5.41) is 3.77. The van der Waals surface area contributed by atoms with Crippen LogP contribution in [0.1, 0.15) is 60.3 Å². The van der Waals surface area contributed by atoms with Gasteiger partial charge in [0.05, 0.1) is 24.9 Å². The van der Waals surface area contributed by atoms with Crippen LogP contribution in [0.25, 0.3) is 50.1 Å². The minimum atomic E-state index is -2.09. The zero-order chi connectivity index (χ0) is 46.1. The van der Waals surface area contributed by atoms with E-state index in [2.05, 4.69) is 160 Å². The van der Waals surface area contributed by atoms with Gasteiger partial charge in [-0.25, -0.2) is 0 Å². The maximum Gasteiger partial charge on any atom is 0.239 e. The second-order valence-electron chi connectivity index (χ2n) is 18.2. The van der Waals surface area contributed by atoms with E-state index in [0.717, 1.165) is 67.6 Å². The van der Waals surface area contributed by atoms with Gasteiger partial charge in [0.25, 0.3) is 0 Å². The van der Waals surface area contributed by atoms with Crippen molar-refractivity contribution in [3.8, 4) is 51.3 Å². The molecule has 0 unspecified atom stereocenters. The number of rotatable bonds is 6. The van der Waals surface area contributed by atoms with Gasteiger partial charge in [-0.05, 0) is 75.6 Å². The first-order valence-electron chi connectivity index (χ1n) is 23.3. The largest absolute Gasteiger partial charge is 0.503 e. The first-order valence-corrected chi connectivity index (χ1v) is 25.3. The number of fused-ring (bicyclic) bond motifs is 7. The molecule has 0 bridgehead atoms. The van der Waals surface area contributed by atoms with Crippen molar-refractivity contribution in [2.75, 3.05) is 0 Å². The van der Waals surface area contributed by atoms with E-state index < -0.39 is 14.9 Å². The first kappa shape index (κ1) is 39.5. The van der Waals surface area contributed by atoms with E-state index in [-0.39, 0.29) is 32.4 Å². The molecule has 0 amide bonds. The smallest absolute Gasteiger partial charge is 0.239 e. The summed E-state index contributed by atoms with van der Waals surface area (Å²) in [5.74, 6) is 4.74. The molecule has 8 heteroatoms. The molecule has 0 saturated carbocycles. The molecule has 7 aromatic carbocycles. The molecule has 2 aromatic heterocycles. The molecule has 0 spiro atoms. The molecule has 64 heavy (non-hydrogen) atoms. The fraction of sp³-hybridized carbons (Fsp3) is 0.179. The van der Waals surface area contributed by atoms with E-state index in [0.29, 0.717) is 11.8 Å². The average molecular weight is 1030 g/mol. The molecule has 0 saturated heterocycles. The van der Waals surface area contributed by atoms with Crippen LogP contribution in [0.5, 0.6) is 23.0 Å². The fourth-order valence-electron chi connectivity index (χ4n) is 9.11. The van der Waals surface area contributed by atoms with Crippen LogP contribution in [0.4, 0.5) is 0 Å². The number of nitrogens with zero attached hydrogens (tertiary/aromatic N) is 3. The zero-order valence-corrected chi connectivity index (χ0v) is 40.5. The van der Waals surface area contributed by atoms with Gasteiger partial charge in [0.2, 0.25) is 6.71 Å². The quantitative estimate of drug-likeness (QED) is 0.123. The average Bonchev–Trinajstić information content (AvgIpc) is 3.70. The summed E-state index contributed by atoms with van der Waals surface area (Å²) in [6.07, 6.45) is 1.39. The molecule has 0 fully saturated rings. The van der Waals surface area contributed by atoms with Crippen molar-refractivity contribution in [1.29, 1.82) is 0 Å². The summed E-state index contributed by atoms with van der Waals surface area (Å²) in [4.78, 5) is 9.60. The molecule has 319 valence electrons. The Morgan fingerprint density at radius 1 is 0.719 bits per heavy atom. The van der Waals surface area contributed by atoms with Gasteiger partial charge in [0.15, 0.2) is 0 Å². The Balaban J connectivity index is 0.000000281. The molecule has 0 N–H and O–H groups in total. The molecule has 9 aromatic rings. The summed E-state index contributed by atoms with van der Waals surface area (Å²) in [6.45, 7) is 14.2. The molecule has 0 aliphatic carbocycles. The van der Waals surface area contributed by atoms with Crippen LogP contribution in [0.15, 0.2) is 146 Å². The van der Waals surface area contributed by atoms with E-state index in [1.165, 1.54) is 44.4 Å². The van der Waals surface area contributed by atoms with Crippen LogP contribution in [-0.4, -0.2) is 29.3 Å². The summed E-state index contributed by atoms with van der Waals surface area (Å²) < 4.78 is 37.8. The second kappa shape index (κ2) is 17.2. The van der Waals surface area contributed by atoms with Crippen molar-refractivity contribution in [2.45, 2.75) is 66.0 Å². The number of para-hydroxylation sites is 2. The SMILES string of the molecule is CC(C)c1cccc(C(C)C)c1-n1c(-c2[c-]cc3c4c2Oc2ccc([Si](C)(C)C)cc2B4c2ccccc2O3)nc2ccc3ccccc3c21.[2H]C([2H])([2H])c1ccc(-c2[c-]cccc2)nc1.[Ir]. The molecule has 4 heterocycles. The summed E-state index contributed by atoms with van der Waals surface area (Å²) in [6, 6.07) is 54.5. The Morgan fingerprint density at radius 2 is 1.47 bits per heavy atom. The van der Waals surface area contributed by atoms with Crippen molar-refractivity contribution in [2.24, 2.45) is 0 Å². The van der Waals surface area contributed by atoms with Crippen LogP contribution in [0.2, 0.25) is 19.6 Å². The fourth-order valence-corrected chi connectivity index (χ4v) is 10.3. The van der Waals surface area contributed by atoms with Crippen molar-refractivity contribution in [1.82, 2.24) is 14.5 Å². The normalized spacial score (nSPS) is 13.3.